The minimum atomic E-state index is -0.112. The van der Waals surface area contributed by atoms with E-state index in [1.54, 1.807) is 11.3 Å². The summed E-state index contributed by atoms with van der Waals surface area (Å²) in [5, 5.41) is 9.12. The zero-order chi connectivity index (χ0) is 19.4. The van der Waals surface area contributed by atoms with Gasteiger partial charge in [-0.25, -0.2) is 4.98 Å². The minimum Gasteiger partial charge on any atom is -0.362 e. The molecule has 2 N–H and O–H groups in total. The lowest BCUT2D eigenvalue weighted by atomic mass is 9.87. The van der Waals surface area contributed by atoms with Crippen LogP contribution in [0.15, 0.2) is 53.9 Å². The molecule has 0 saturated heterocycles. The fourth-order valence-electron chi connectivity index (χ4n) is 2.72. The van der Waals surface area contributed by atoms with E-state index in [9.17, 15) is 4.79 Å². The Hall–Kier alpha value is -2.66. The first-order chi connectivity index (χ1) is 12.9. The van der Waals surface area contributed by atoms with Gasteiger partial charge in [0.2, 0.25) is 0 Å². The van der Waals surface area contributed by atoms with Gasteiger partial charge in [-0.05, 0) is 42.2 Å². The van der Waals surface area contributed by atoms with Crippen LogP contribution >= 0.6 is 11.3 Å². The molecule has 3 rings (SSSR count). The number of amides is 1. The van der Waals surface area contributed by atoms with Crippen LogP contribution in [0.1, 0.15) is 43.6 Å². The SMILES string of the molecule is CCNc1nc(-c2cccc(NC(=O)c3ccc(C(C)(C)C)cc3)c2)cs1. The number of thiazole rings is 1. The molecule has 0 aliphatic rings. The van der Waals surface area contributed by atoms with Crippen LogP contribution in [0.25, 0.3) is 11.3 Å². The number of rotatable bonds is 5. The molecule has 0 radical (unpaired) electrons. The lowest BCUT2D eigenvalue weighted by molar-refractivity contribution is 0.102. The Morgan fingerprint density at radius 3 is 2.52 bits per heavy atom. The fourth-order valence-corrected chi connectivity index (χ4v) is 3.51. The lowest BCUT2D eigenvalue weighted by Crippen LogP contribution is -2.14. The Morgan fingerprint density at radius 2 is 1.85 bits per heavy atom. The summed E-state index contributed by atoms with van der Waals surface area (Å²) in [6.07, 6.45) is 0. The van der Waals surface area contributed by atoms with Gasteiger partial charge in [0.1, 0.15) is 0 Å². The van der Waals surface area contributed by atoms with E-state index in [1.165, 1.54) is 5.56 Å². The van der Waals surface area contributed by atoms with Crippen LogP contribution in [0, 0.1) is 0 Å². The first-order valence-corrected chi connectivity index (χ1v) is 9.96. The molecule has 0 bridgehead atoms. The molecule has 1 aromatic heterocycles. The summed E-state index contributed by atoms with van der Waals surface area (Å²) < 4.78 is 0. The van der Waals surface area contributed by atoms with E-state index in [0.29, 0.717) is 5.56 Å². The molecule has 1 heterocycles. The van der Waals surface area contributed by atoms with Crippen LogP contribution in [0.5, 0.6) is 0 Å². The minimum absolute atomic E-state index is 0.0718. The topological polar surface area (TPSA) is 54.0 Å². The predicted molar refractivity (Wildman–Crippen MR) is 115 cm³/mol. The molecule has 0 spiro atoms. The number of anilines is 2. The molecule has 5 heteroatoms. The summed E-state index contributed by atoms with van der Waals surface area (Å²) in [5.74, 6) is -0.112. The summed E-state index contributed by atoms with van der Waals surface area (Å²) in [4.78, 5) is 17.2. The molecule has 0 fully saturated rings. The van der Waals surface area contributed by atoms with Crippen molar-refractivity contribution >= 4 is 28.1 Å². The van der Waals surface area contributed by atoms with Gasteiger partial charge in [-0.3, -0.25) is 4.79 Å². The standard InChI is InChI=1S/C22H25N3OS/c1-5-23-21-25-19(14-27-21)16-7-6-8-18(13-16)24-20(26)15-9-11-17(12-10-15)22(2,3)4/h6-14H,5H2,1-4H3,(H,23,25)(H,24,26). The number of carbonyl (C=O) groups excluding carboxylic acids is 1. The number of nitrogens with one attached hydrogen (secondary N) is 2. The molecule has 0 saturated carbocycles. The largest absolute Gasteiger partial charge is 0.362 e. The molecule has 4 nitrogen and oxygen atoms in total. The van der Waals surface area contributed by atoms with Gasteiger partial charge in [0.05, 0.1) is 5.69 Å². The van der Waals surface area contributed by atoms with Gasteiger partial charge >= 0.3 is 0 Å². The third-order valence-corrected chi connectivity index (χ3v) is 5.06. The van der Waals surface area contributed by atoms with Gasteiger partial charge in [0.25, 0.3) is 5.91 Å². The van der Waals surface area contributed by atoms with E-state index >= 15 is 0 Å². The first-order valence-electron chi connectivity index (χ1n) is 9.08. The summed E-state index contributed by atoms with van der Waals surface area (Å²) in [5.41, 5.74) is 4.58. The van der Waals surface area contributed by atoms with E-state index in [4.69, 9.17) is 0 Å². The second-order valence-electron chi connectivity index (χ2n) is 7.43. The van der Waals surface area contributed by atoms with Crippen LogP contribution in [-0.4, -0.2) is 17.4 Å². The fraction of sp³-hybridized carbons (Fsp3) is 0.273. The van der Waals surface area contributed by atoms with Gasteiger partial charge in [0.15, 0.2) is 5.13 Å². The van der Waals surface area contributed by atoms with E-state index in [0.717, 1.165) is 28.6 Å². The van der Waals surface area contributed by atoms with Crippen molar-refractivity contribution in [3.63, 3.8) is 0 Å². The highest BCUT2D eigenvalue weighted by Gasteiger charge is 2.14. The van der Waals surface area contributed by atoms with Gasteiger partial charge in [-0.1, -0.05) is 45.0 Å². The second-order valence-corrected chi connectivity index (χ2v) is 8.29. The van der Waals surface area contributed by atoms with Crippen molar-refractivity contribution < 1.29 is 4.79 Å². The summed E-state index contributed by atoms with van der Waals surface area (Å²) >= 11 is 1.58. The molecule has 140 valence electrons. The van der Waals surface area contributed by atoms with Crippen LogP contribution in [0.3, 0.4) is 0 Å². The normalized spacial score (nSPS) is 11.3. The first kappa shape index (κ1) is 19.1. The number of nitrogens with zero attached hydrogens (tertiary/aromatic N) is 1. The van der Waals surface area contributed by atoms with Gasteiger partial charge in [0, 0.05) is 28.7 Å². The zero-order valence-electron chi connectivity index (χ0n) is 16.2. The van der Waals surface area contributed by atoms with Crippen molar-refractivity contribution in [2.45, 2.75) is 33.1 Å². The number of carbonyl (C=O) groups is 1. The average molecular weight is 380 g/mol. The molecule has 0 unspecified atom stereocenters. The van der Waals surface area contributed by atoms with E-state index < -0.39 is 0 Å². The van der Waals surface area contributed by atoms with Crippen molar-refractivity contribution in [2.24, 2.45) is 0 Å². The van der Waals surface area contributed by atoms with Crippen LogP contribution in [0.4, 0.5) is 10.8 Å². The molecular weight excluding hydrogens is 354 g/mol. The third-order valence-electron chi connectivity index (χ3n) is 4.26. The van der Waals surface area contributed by atoms with Crippen molar-refractivity contribution in [1.29, 1.82) is 0 Å². The van der Waals surface area contributed by atoms with E-state index in [1.807, 2.05) is 60.8 Å². The van der Waals surface area contributed by atoms with Crippen LogP contribution in [-0.2, 0) is 5.41 Å². The average Bonchev–Trinajstić information content (AvgIpc) is 3.10. The molecule has 2 aromatic carbocycles. The predicted octanol–water partition coefficient (Wildman–Crippen LogP) is 5.79. The van der Waals surface area contributed by atoms with Crippen LogP contribution < -0.4 is 10.6 Å². The van der Waals surface area contributed by atoms with Crippen molar-refractivity contribution in [1.82, 2.24) is 4.98 Å². The van der Waals surface area contributed by atoms with Gasteiger partial charge < -0.3 is 10.6 Å². The Kier molecular flexibility index (Phi) is 5.61. The van der Waals surface area contributed by atoms with Crippen molar-refractivity contribution in [3.05, 3.63) is 65.0 Å². The monoisotopic (exact) mass is 379 g/mol. The zero-order valence-corrected chi connectivity index (χ0v) is 17.0. The maximum atomic E-state index is 12.6. The second kappa shape index (κ2) is 7.92. The molecule has 0 aliphatic heterocycles. The molecule has 0 aliphatic carbocycles. The summed E-state index contributed by atoms with van der Waals surface area (Å²) in [6.45, 7) is 9.37. The highest BCUT2D eigenvalue weighted by molar-refractivity contribution is 7.14. The third kappa shape index (κ3) is 4.74. The number of hydrogen-bond donors (Lipinski definition) is 2. The van der Waals surface area contributed by atoms with Gasteiger partial charge in [-0.2, -0.15) is 0 Å². The molecule has 27 heavy (non-hydrogen) atoms. The Labute approximate surface area is 164 Å². The molecule has 3 aromatic rings. The molecular formula is C22H25N3OS. The lowest BCUT2D eigenvalue weighted by Gasteiger charge is -2.19. The highest BCUT2D eigenvalue weighted by atomic mass is 32.1. The summed E-state index contributed by atoms with van der Waals surface area (Å²) in [7, 11) is 0. The van der Waals surface area contributed by atoms with Gasteiger partial charge in [-0.15, -0.1) is 11.3 Å². The summed E-state index contributed by atoms with van der Waals surface area (Å²) in [6, 6.07) is 15.6. The maximum Gasteiger partial charge on any atom is 0.255 e. The Bertz CT molecular complexity index is 923. The Balaban J connectivity index is 1.74. The number of benzene rings is 2. The Morgan fingerprint density at radius 1 is 1.11 bits per heavy atom. The molecule has 1 amide bonds. The smallest absolute Gasteiger partial charge is 0.255 e. The van der Waals surface area contributed by atoms with Crippen LogP contribution in [0.2, 0.25) is 0 Å². The van der Waals surface area contributed by atoms with E-state index in [-0.39, 0.29) is 11.3 Å². The quantitative estimate of drug-likeness (QED) is 0.590. The number of aromatic nitrogens is 1. The van der Waals surface area contributed by atoms with E-state index in [2.05, 4.69) is 36.4 Å². The highest BCUT2D eigenvalue weighted by Crippen LogP contribution is 2.27. The maximum absolute atomic E-state index is 12.6. The van der Waals surface area contributed by atoms with Crippen molar-refractivity contribution in [2.75, 3.05) is 17.2 Å². The number of hydrogen-bond acceptors (Lipinski definition) is 4. The molecule has 0 atom stereocenters. The van der Waals surface area contributed by atoms with Crippen molar-refractivity contribution in [3.8, 4) is 11.3 Å².